The van der Waals surface area contributed by atoms with Crippen LogP contribution in [0, 0.1) is 0 Å². The number of hydrogen-bond donors (Lipinski definition) is 1. The Kier molecular flexibility index (Phi) is 4.76. The number of pyridine rings is 1. The van der Waals surface area contributed by atoms with Crippen LogP contribution in [0.5, 0.6) is 5.88 Å². The van der Waals surface area contributed by atoms with Crippen molar-refractivity contribution in [1.29, 1.82) is 0 Å². The van der Waals surface area contributed by atoms with Crippen molar-refractivity contribution in [3.63, 3.8) is 0 Å². The van der Waals surface area contributed by atoms with Crippen LogP contribution in [0.25, 0.3) is 10.8 Å². The number of hydrogen-bond acceptors (Lipinski definition) is 4. The van der Waals surface area contributed by atoms with Gasteiger partial charge in [0, 0.05) is 22.9 Å². The van der Waals surface area contributed by atoms with Crippen molar-refractivity contribution >= 4 is 22.1 Å². The van der Waals surface area contributed by atoms with Crippen molar-refractivity contribution in [1.82, 2.24) is 9.71 Å². The first-order chi connectivity index (χ1) is 9.84. The zero-order valence-corrected chi connectivity index (χ0v) is 14.0. The van der Waals surface area contributed by atoms with Crippen molar-refractivity contribution < 1.29 is 9.29 Å². The Balaban J connectivity index is 2.38. The van der Waals surface area contributed by atoms with E-state index in [0.29, 0.717) is 5.88 Å². The monoisotopic (exact) mass is 306 g/mol. The van der Waals surface area contributed by atoms with Gasteiger partial charge in [-0.3, -0.25) is 0 Å². The van der Waals surface area contributed by atoms with E-state index in [9.17, 15) is 4.55 Å². The average Bonchev–Trinajstić information content (AvgIpc) is 2.44. The van der Waals surface area contributed by atoms with E-state index in [1.807, 2.05) is 52.0 Å². The molecule has 2 aromatic rings. The van der Waals surface area contributed by atoms with Crippen LogP contribution < -0.4 is 9.46 Å². The number of rotatable bonds is 4. The third-order valence-corrected chi connectivity index (χ3v) is 4.97. The number of nitrogens with zero attached hydrogens (tertiary/aromatic N) is 1. The summed E-state index contributed by atoms with van der Waals surface area (Å²) in [5.74, 6) is 0.610. The minimum atomic E-state index is -1.13. The van der Waals surface area contributed by atoms with Crippen molar-refractivity contribution in [3.8, 4) is 5.88 Å². The zero-order valence-electron chi connectivity index (χ0n) is 13.1. The Morgan fingerprint density at radius 3 is 2.43 bits per heavy atom. The highest BCUT2D eigenvalue weighted by Gasteiger charge is 2.29. The van der Waals surface area contributed by atoms with E-state index in [4.69, 9.17) is 4.74 Å². The Bertz CT molecular complexity index is 625. The predicted octanol–water partition coefficient (Wildman–Crippen LogP) is 3.36. The van der Waals surface area contributed by atoms with Gasteiger partial charge in [0.1, 0.15) is 4.75 Å². The van der Waals surface area contributed by atoms with Crippen LogP contribution in [0.1, 0.15) is 39.3 Å². The number of methoxy groups -OCH3 is 1. The highest BCUT2D eigenvalue weighted by atomic mass is 32.2. The average molecular weight is 306 g/mol. The molecule has 1 aromatic heterocycles. The molecule has 4 nitrogen and oxygen atoms in total. The molecule has 1 heterocycles. The fourth-order valence-corrected chi connectivity index (χ4v) is 2.90. The maximum atomic E-state index is 12.3. The first kappa shape index (κ1) is 16.1. The van der Waals surface area contributed by atoms with Crippen LogP contribution in [-0.4, -0.2) is 21.4 Å². The highest BCUT2D eigenvalue weighted by Crippen LogP contribution is 2.30. The maximum absolute atomic E-state index is 12.3. The lowest BCUT2D eigenvalue weighted by molar-refractivity contribution is 0.403. The van der Waals surface area contributed by atoms with Crippen LogP contribution >= 0.6 is 0 Å². The van der Waals surface area contributed by atoms with Gasteiger partial charge in [0.05, 0.1) is 13.2 Å². The Morgan fingerprint density at radius 1 is 1.24 bits per heavy atom. The molecule has 1 N–H and O–H groups in total. The third kappa shape index (κ3) is 3.48. The second kappa shape index (κ2) is 6.22. The Morgan fingerprint density at radius 2 is 1.86 bits per heavy atom. The molecule has 0 saturated carbocycles. The van der Waals surface area contributed by atoms with Crippen molar-refractivity contribution in [2.24, 2.45) is 0 Å². The summed E-state index contributed by atoms with van der Waals surface area (Å²) < 4.78 is 20.4. The van der Waals surface area contributed by atoms with Gasteiger partial charge in [-0.1, -0.05) is 18.2 Å². The van der Waals surface area contributed by atoms with Gasteiger partial charge in [0.2, 0.25) is 5.88 Å². The molecule has 0 fully saturated rings. The molecule has 0 amide bonds. The van der Waals surface area contributed by atoms with E-state index in [2.05, 4.69) is 9.71 Å². The standard InChI is InChI=1S/C16H22N2O2S/c1-11(18-21(19)16(2,3)4)14-10-17-15(20-5)13-9-7-6-8-12(13)14/h6-11,18H,1-5H3/t11-,21-/m0/s1. The van der Waals surface area contributed by atoms with Crippen molar-refractivity contribution in [3.05, 3.63) is 36.0 Å². The molecule has 0 bridgehead atoms. The minimum Gasteiger partial charge on any atom is -0.598 e. The van der Waals surface area contributed by atoms with Gasteiger partial charge in [-0.05, 0) is 44.7 Å². The molecule has 0 spiro atoms. The quantitative estimate of drug-likeness (QED) is 0.880. The molecule has 0 radical (unpaired) electrons. The van der Waals surface area contributed by atoms with Crippen LogP contribution in [0.2, 0.25) is 0 Å². The number of nitrogens with one attached hydrogen (secondary N) is 1. The summed E-state index contributed by atoms with van der Waals surface area (Å²) in [4.78, 5) is 4.35. The van der Waals surface area contributed by atoms with E-state index in [1.54, 1.807) is 13.3 Å². The highest BCUT2D eigenvalue weighted by molar-refractivity contribution is 7.90. The predicted molar refractivity (Wildman–Crippen MR) is 87.7 cm³/mol. The van der Waals surface area contributed by atoms with Gasteiger partial charge in [-0.15, -0.1) is 4.72 Å². The molecular weight excluding hydrogens is 284 g/mol. The molecular formula is C16H22N2O2S. The zero-order chi connectivity index (χ0) is 15.6. The number of fused-ring (bicyclic) bond motifs is 1. The molecule has 114 valence electrons. The molecule has 0 saturated heterocycles. The van der Waals surface area contributed by atoms with Crippen molar-refractivity contribution in [2.45, 2.75) is 38.5 Å². The van der Waals surface area contributed by atoms with E-state index in [0.717, 1.165) is 16.3 Å². The summed E-state index contributed by atoms with van der Waals surface area (Å²) in [6.45, 7) is 7.85. The van der Waals surface area contributed by atoms with Gasteiger partial charge < -0.3 is 9.29 Å². The second-order valence-electron chi connectivity index (χ2n) is 5.99. The lowest BCUT2D eigenvalue weighted by atomic mass is 10.0. The first-order valence-electron chi connectivity index (χ1n) is 6.94. The third-order valence-electron chi connectivity index (χ3n) is 3.29. The van der Waals surface area contributed by atoms with Gasteiger partial charge >= 0.3 is 0 Å². The SMILES string of the molecule is COc1ncc([C@H](C)N[S@@+]([O-])C(C)(C)C)c2ccccc12. The molecule has 5 heteroatoms. The summed E-state index contributed by atoms with van der Waals surface area (Å²) in [7, 11) is 1.62. The van der Waals surface area contributed by atoms with E-state index < -0.39 is 11.4 Å². The second-order valence-corrected chi connectivity index (χ2v) is 7.99. The normalized spacial score (nSPS) is 15.0. The summed E-state index contributed by atoms with van der Waals surface area (Å²) in [6.07, 6.45) is 1.79. The minimum absolute atomic E-state index is 0.0617. The number of ether oxygens (including phenoxy) is 1. The molecule has 1 aromatic carbocycles. The number of aromatic nitrogens is 1. The molecule has 2 atom stereocenters. The molecule has 0 aliphatic heterocycles. The number of benzene rings is 1. The van der Waals surface area contributed by atoms with Crippen LogP contribution in [0.15, 0.2) is 30.5 Å². The van der Waals surface area contributed by atoms with Crippen LogP contribution in [-0.2, 0) is 11.4 Å². The Hall–Kier alpha value is -1.30. The van der Waals surface area contributed by atoms with Gasteiger partial charge in [0.15, 0.2) is 0 Å². The van der Waals surface area contributed by atoms with Gasteiger partial charge in [-0.25, -0.2) is 4.98 Å². The summed E-state index contributed by atoms with van der Waals surface area (Å²) in [6, 6.07) is 7.90. The Labute approximate surface area is 129 Å². The fraction of sp³-hybridized carbons (Fsp3) is 0.438. The van der Waals surface area contributed by atoms with Crippen molar-refractivity contribution in [2.75, 3.05) is 7.11 Å². The first-order valence-corrected chi connectivity index (χ1v) is 8.09. The molecule has 2 rings (SSSR count). The van der Waals surface area contributed by atoms with Crippen LogP contribution in [0.3, 0.4) is 0 Å². The van der Waals surface area contributed by atoms with E-state index in [-0.39, 0.29) is 10.8 Å². The topological polar surface area (TPSA) is 57.2 Å². The summed E-state index contributed by atoms with van der Waals surface area (Å²) >= 11 is -1.13. The summed E-state index contributed by atoms with van der Waals surface area (Å²) in [5, 5.41) is 2.03. The van der Waals surface area contributed by atoms with Gasteiger partial charge in [-0.2, -0.15) is 0 Å². The molecule has 0 unspecified atom stereocenters. The fourth-order valence-electron chi connectivity index (χ4n) is 2.10. The molecule has 0 aliphatic carbocycles. The largest absolute Gasteiger partial charge is 0.598 e. The van der Waals surface area contributed by atoms with Gasteiger partial charge in [0.25, 0.3) is 0 Å². The molecule has 0 aliphatic rings. The van der Waals surface area contributed by atoms with E-state index >= 15 is 0 Å². The maximum Gasteiger partial charge on any atom is 0.221 e. The summed E-state index contributed by atoms with van der Waals surface area (Å²) in [5.41, 5.74) is 1.02. The van der Waals surface area contributed by atoms with E-state index in [1.165, 1.54) is 0 Å². The molecule has 21 heavy (non-hydrogen) atoms. The lowest BCUT2D eigenvalue weighted by Gasteiger charge is -2.27. The van der Waals surface area contributed by atoms with Crippen LogP contribution in [0.4, 0.5) is 0 Å². The lowest BCUT2D eigenvalue weighted by Crippen LogP contribution is -2.40. The smallest absolute Gasteiger partial charge is 0.221 e.